The molecule has 4 nitrogen and oxygen atoms in total. The Kier molecular flexibility index (Phi) is 4.67. The summed E-state index contributed by atoms with van der Waals surface area (Å²) in [6, 6.07) is 13.6. The Bertz CT molecular complexity index is 971. The fourth-order valence-electron chi connectivity index (χ4n) is 3.41. The molecular formula is C21H18ClN3O. The number of pyridine rings is 2. The van der Waals surface area contributed by atoms with Gasteiger partial charge in [0.2, 0.25) is 5.91 Å². The maximum absolute atomic E-state index is 12.7. The van der Waals surface area contributed by atoms with Crippen LogP contribution in [0.3, 0.4) is 0 Å². The predicted molar refractivity (Wildman–Crippen MR) is 104 cm³/mol. The second-order valence-corrected chi connectivity index (χ2v) is 6.81. The first-order chi connectivity index (χ1) is 12.7. The lowest BCUT2D eigenvalue weighted by Gasteiger charge is -2.23. The maximum atomic E-state index is 12.7. The van der Waals surface area contributed by atoms with Crippen molar-refractivity contribution >= 4 is 34.5 Å². The molecule has 0 bridgehead atoms. The van der Waals surface area contributed by atoms with E-state index in [9.17, 15) is 4.79 Å². The number of fused-ring (bicyclic) bond motifs is 1. The monoisotopic (exact) mass is 363 g/mol. The molecule has 0 spiro atoms. The van der Waals surface area contributed by atoms with Crippen LogP contribution >= 0.6 is 11.6 Å². The van der Waals surface area contributed by atoms with E-state index < -0.39 is 0 Å². The Morgan fingerprint density at radius 1 is 1.15 bits per heavy atom. The van der Waals surface area contributed by atoms with Crippen LogP contribution in [0, 0.1) is 0 Å². The van der Waals surface area contributed by atoms with Gasteiger partial charge in [-0.2, -0.15) is 0 Å². The van der Waals surface area contributed by atoms with Crippen molar-refractivity contribution in [2.45, 2.75) is 18.9 Å². The summed E-state index contributed by atoms with van der Waals surface area (Å²) in [5.74, 6) is 0.0114. The van der Waals surface area contributed by atoms with Crippen LogP contribution in [0.15, 0.2) is 60.9 Å². The van der Waals surface area contributed by atoms with Gasteiger partial charge in [-0.3, -0.25) is 9.78 Å². The van der Waals surface area contributed by atoms with Gasteiger partial charge in [-0.05, 0) is 54.8 Å². The summed E-state index contributed by atoms with van der Waals surface area (Å²) in [6.45, 7) is 0.775. The van der Waals surface area contributed by atoms with Crippen molar-refractivity contribution in [2.24, 2.45) is 0 Å². The van der Waals surface area contributed by atoms with Gasteiger partial charge in [-0.1, -0.05) is 23.7 Å². The highest BCUT2D eigenvalue weighted by molar-refractivity contribution is 6.31. The zero-order valence-corrected chi connectivity index (χ0v) is 14.9. The Balaban J connectivity index is 1.53. The molecule has 0 aliphatic carbocycles. The molecule has 1 aromatic carbocycles. The number of benzene rings is 1. The van der Waals surface area contributed by atoms with Gasteiger partial charge in [-0.15, -0.1) is 0 Å². The second-order valence-electron chi connectivity index (χ2n) is 6.38. The zero-order valence-electron chi connectivity index (χ0n) is 14.2. The molecule has 1 aliphatic heterocycles. The van der Waals surface area contributed by atoms with Gasteiger partial charge in [-0.25, -0.2) is 4.98 Å². The van der Waals surface area contributed by atoms with Crippen molar-refractivity contribution in [3.63, 3.8) is 0 Å². The first-order valence-electron chi connectivity index (χ1n) is 8.66. The molecule has 1 aliphatic rings. The number of amides is 1. The number of halogens is 1. The van der Waals surface area contributed by atoms with E-state index in [0.29, 0.717) is 5.02 Å². The van der Waals surface area contributed by atoms with E-state index in [1.54, 1.807) is 24.5 Å². The van der Waals surface area contributed by atoms with Gasteiger partial charge in [0.25, 0.3) is 0 Å². The Hall–Kier alpha value is -2.72. The number of aromatic nitrogens is 2. The van der Waals surface area contributed by atoms with Gasteiger partial charge in [0.15, 0.2) is 0 Å². The first-order valence-corrected chi connectivity index (χ1v) is 9.03. The maximum Gasteiger partial charge on any atom is 0.247 e. The summed E-state index contributed by atoms with van der Waals surface area (Å²) >= 11 is 6.04. The topological polar surface area (TPSA) is 46.1 Å². The lowest BCUT2D eigenvalue weighted by atomic mass is 10.1. The molecule has 26 heavy (non-hydrogen) atoms. The quantitative estimate of drug-likeness (QED) is 0.636. The lowest BCUT2D eigenvalue weighted by molar-refractivity contribution is -0.126. The average molecular weight is 364 g/mol. The van der Waals surface area contributed by atoms with E-state index in [1.807, 2.05) is 47.4 Å². The third kappa shape index (κ3) is 3.46. The summed E-state index contributed by atoms with van der Waals surface area (Å²) in [4.78, 5) is 23.2. The molecule has 1 atom stereocenters. The van der Waals surface area contributed by atoms with E-state index >= 15 is 0 Å². The average Bonchev–Trinajstić information content (AvgIpc) is 3.16. The minimum absolute atomic E-state index is 0.0114. The predicted octanol–water partition coefficient (Wildman–Crippen LogP) is 4.66. The number of nitrogens with zero attached hydrogens (tertiary/aromatic N) is 3. The van der Waals surface area contributed by atoms with E-state index in [-0.39, 0.29) is 11.9 Å². The molecule has 130 valence electrons. The third-order valence-electron chi connectivity index (χ3n) is 4.70. The second kappa shape index (κ2) is 7.26. The van der Waals surface area contributed by atoms with Gasteiger partial charge >= 0.3 is 0 Å². The summed E-state index contributed by atoms with van der Waals surface area (Å²) in [5, 5.41) is 1.68. The standard InChI is InChI=1S/C21H18ClN3O/c22-17-5-3-15-4-6-18(24-19(15)14-17)7-8-21(26)25-13-1-2-20(25)16-9-11-23-12-10-16/h3-12,14,20H,1-2,13H2. The van der Waals surface area contributed by atoms with Crippen LogP contribution in [0.25, 0.3) is 17.0 Å². The lowest BCUT2D eigenvalue weighted by Crippen LogP contribution is -2.28. The molecule has 2 aromatic heterocycles. The molecule has 5 heteroatoms. The molecule has 1 saturated heterocycles. The van der Waals surface area contributed by atoms with Crippen molar-refractivity contribution in [3.8, 4) is 0 Å². The van der Waals surface area contributed by atoms with Crippen molar-refractivity contribution in [3.05, 3.63) is 77.2 Å². The molecule has 0 radical (unpaired) electrons. The van der Waals surface area contributed by atoms with E-state index in [2.05, 4.69) is 9.97 Å². The highest BCUT2D eigenvalue weighted by Crippen LogP contribution is 2.31. The molecule has 3 aromatic rings. The molecule has 3 heterocycles. The summed E-state index contributed by atoms with van der Waals surface area (Å²) in [6.07, 6.45) is 8.92. The highest BCUT2D eigenvalue weighted by Gasteiger charge is 2.28. The number of likely N-dealkylation sites (tertiary alicyclic amines) is 1. The Morgan fingerprint density at radius 2 is 1.96 bits per heavy atom. The highest BCUT2D eigenvalue weighted by atomic mass is 35.5. The SMILES string of the molecule is O=C(C=Cc1ccc2ccc(Cl)cc2n1)N1CCCC1c1ccncc1. The van der Waals surface area contributed by atoms with Crippen LogP contribution in [0.4, 0.5) is 0 Å². The summed E-state index contributed by atoms with van der Waals surface area (Å²) in [7, 11) is 0. The third-order valence-corrected chi connectivity index (χ3v) is 4.93. The van der Waals surface area contributed by atoms with Gasteiger partial charge < -0.3 is 4.90 Å². The van der Waals surface area contributed by atoms with E-state index in [1.165, 1.54) is 0 Å². The Morgan fingerprint density at radius 3 is 2.81 bits per heavy atom. The van der Waals surface area contributed by atoms with E-state index in [0.717, 1.165) is 41.5 Å². The van der Waals surface area contributed by atoms with Crippen LogP contribution in [-0.2, 0) is 4.79 Å². The zero-order chi connectivity index (χ0) is 17.9. The number of rotatable bonds is 3. The number of carbonyl (C=O) groups excluding carboxylic acids is 1. The normalized spacial score (nSPS) is 17.3. The van der Waals surface area contributed by atoms with Crippen LogP contribution in [0.5, 0.6) is 0 Å². The fraction of sp³-hybridized carbons (Fsp3) is 0.190. The molecule has 1 unspecified atom stereocenters. The Labute approximate surface area is 157 Å². The molecule has 1 fully saturated rings. The first kappa shape index (κ1) is 16.7. The van der Waals surface area contributed by atoms with Gasteiger partial charge in [0.1, 0.15) is 0 Å². The van der Waals surface area contributed by atoms with Crippen molar-refractivity contribution in [1.82, 2.24) is 14.9 Å². The van der Waals surface area contributed by atoms with Crippen molar-refractivity contribution in [1.29, 1.82) is 0 Å². The van der Waals surface area contributed by atoms with E-state index in [4.69, 9.17) is 11.6 Å². The van der Waals surface area contributed by atoms with Crippen LogP contribution < -0.4 is 0 Å². The van der Waals surface area contributed by atoms with Crippen molar-refractivity contribution < 1.29 is 4.79 Å². The minimum Gasteiger partial charge on any atom is -0.332 e. The summed E-state index contributed by atoms with van der Waals surface area (Å²) < 4.78 is 0. The molecular weight excluding hydrogens is 346 g/mol. The van der Waals surface area contributed by atoms with Crippen LogP contribution in [-0.4, -0.2) is 27.3 Å². The van der Waals surface area contributed by atoms with Gasteiger partial charge in [0, 0.05) is 35.4 Å². The molecule has 4 rings (SSSR count). The minimum atomic E-state index is 0.0114. The van der Waals surface area contributed by atoms with Crippen molar-refractivity contribution in [2.75, 3.05) is 6.54 Å². The number of hydrogen-bond acceptors (Lipinski definition) is 3. The number of carbonyl (C=O) groups is 1. The molecule has 0 saturated carbocycles. The fourth-order valence-corrected chi connectivity index (χ4v) is 3.58. The van der Waals surface area contributed by atoms with Gasteiger partial charge in [0.05, 0.1) is 17.3 Å². The molecule has 0 N–H and O–H groups in total. The summed E-state index contributed by atoms with van der Waals surface area (Å²) in [5.41, 5.74) is 2.70. The van der Waals surface area contributed by atoms with Crippen LogP contribution in [0.2, 0.25) is 5.02 Å². The largest absolute Gasteiger partial charge is 0.332 e. The smallest absolute Gasteiger partial charge is 0.247 e. The number of hydrogen-bond donors (Lipinski definition) is 0. The molecule has 1 amide bonds. The van der Waals surface area contributed by atoms with Crippen LogP contribution in [0.1, 0.15) is 30.1 Å².